The quantitative estimate of drug-likeness (QED) is 0.140. The predicted molar refractivity (Wildman–Crippen MR) is 169 cm³/mol. The van der Waals surface area contributed by atoms with Crippen molar-refractivity contribution in [2.75, 3.05) is 25.1 Å². The van der Waals surface area contributed by atoms with Gasteiger partial charge >= 0.3 is 0 Å². The molecule has 0 amide bonds. The van der Waals surface area contributed by atoms with Gasteiger partial charge in [-0.25, -0.2) is 13.1 Å². The second-order valence-electron chi connectivity index (χ2n) is 10.2. The molecule has 0 atom stereocenters. The van der Waals surface area contributed by atoms with Crippen molar-refractivity contribution in [1.82, 2.24) is 4.72 Å². The van der Waals surface area contributed by atoms with Gasteiger partial charge in [0.1, 0.15) is 12.4 Å². The Morgan fingerprint density at radius 1 is 0.857 bits per heavy atom. The third kappa shape index (κ3) is 6.92. The van der Waals surface area contributed by atoms with Crippen molar-refractivity contribution in [2.45, 2.75) is 39.2 Å². The Balaban J connectivity index is 1.61. The first-order valence-corrected chi connectivity index (χ1v) is 15.1. The number of nitrogen functional groups attached to an aromatic ring is 1. The zero-order valence-corrected chi connectivity index (χ0v) is 25.5. The molecule has 9 heteroatoms. The lowest BCUT2D eigenvalue weighted by Crippen LogP contribution is -2.33. The summed E-state index contributed by atoms with van der Waals surface area (Å²) in [5.74, 6) is 1.12. The van der Waals surface area contributed by atoms with Crippen LogP contribution in [0, 0.1) is 33.1 Å². The molecule has 4 rings (SSSR count). The molecule has 0 saturated heterocycles. The largest absolute Gasteiger partial charge is 0.493 e. The molecular formula is C33H38N4O4S. The Morgan fingerprint density at radius 3 is 2.07 bits per heavy atom. The van der Waals surface area contributed by atoms with E-state index >= 15 is 0 Å². The molecule has 220 valence electrons. The van der Waals surface area contributed by atoms with Crippen LogP contribution < -0.4 is 24.8 Å². The van der Waals surface area contributed by atoms with E-state index in [1.165, 1.54) is 0 Å². The topological polar surface area (TPSA) is 118 Å². The second-order valence-corrected chi connectivity index (χ2v) is 11.9. The number of anilines is 2. The molecule has 0 aliphatic rings. The first-order chi connectivity index (χ1) is 20.0. The fourth-order valence-electron chi connectivity index (χ4n) is 4.85. The Morgan fingerprint density at radius 2 is 1.48 bits per heavy atom. The number of hydrogen-bond donors (Lipinski definition) is 3. The van der Waals surface area contributed by atoms with Gasteiger partial charge in [0.2, 0.25) is 10.0 Å². The van der Waals surface area contributed by atoms with Crippen LogP contribution in [-0.4, -0.2) is 34.5 Å². The summed E-state index contributed by atoms with van der Waals surface area (Å²) in [5.41, 5.74) is 12.3. The molecule has 4 aromatic rings. The second kappa shape index (κ2) is 13.1. The van der Waals surface area contributed by atoms with Gasteiger partial charge in [-0.2, -0.15) is 0 Å². The van der Waals surface area contributed by atoms with E-state index in [2.05, 4.69) is 4.72 Å². The molecule has 4 aromatic carbocycles. The summed E-state index contributed by atoms with van der Waals surface area (Å²) < 4.78 is 41.5. The van der Waals surface area contributed by atoms with Crippen molar-refractivity contribution in [3.63, 3.8) is 0 Å². The van der Waals surface area contributed by atoms with Gasteiger partial charge in [0.15, 0.2) is 11.5 Å². The Kier molecular flexibility index (Phi) is 9.55. The van der Waals surface area contributed by atoms with Crippen LogP contribution in [0.25, 0.3) is 0 Å². The molecule has 0 heterocycles. The summed E-state index contributed by atoms with van der Waals surface area (Å²) in [6, 6.07) is 24.8. The van der Waals surface area contributed by atoms with E-state index in [4.69, 9.17) is 20.6 Å². The molecule has 0 aliphatic heterocycles. The molecule has 0 fully saturated rings. The van der Waals surface area contributed by atoms with Crippen LogP contribution >= 0.6 is 0 Å². The van der Waals surface area contributed by atoms with Gasteiger partial charge in [-0.3, -0.25) is 5.41 Å². The van der Waals surface area contributed by atoms with Gasteiger partial charge in [-0.1, -0.05) is 36.4 Å². The van der Waals surface area contributed by atoms with E-state index in [9.17, 15) is 8.42 Å². The number of methoxy groups -OCH3 is 1. The molecule has 42 heavy (non-hydrogen) atoms. The molecule has 4 N–H and O–H groups in total. The van der Waals surface area contributed by atoms with Gasteiger partial charge < -0.3 is 20.1 Å². The van der Waals surface area contributed by atoms with Crippen molar-refractivity contribution in [2.24, 2.45) is 5.73 Å². The van der Waals surface area contributed by atoms with Gasteiger partial charge in [-0.15, -0.1) is 0 Å². The SMILES string of the molecule is COc1cc(N(CCNS(=O)(=O)c2c(C)c(C)cc(C)c2C)c2ccc(C(=N)N)cc2)ccc1OCc1ccccc1. The van der Waals surface area contributed by atoms with Crippen molar-refractivity contribution in [3.05, 3.63) is 112 Å². The number of nitrogens with zero attached hydrogens (tertiary/aromatic N) is 1. The standard InChI is InChI=1S/C33H38N4O4S/c1-22-19-23(2)25(4)32(24(22)3)42(38,39)36-17-18-37(28-13-11-27(12-14-28)33(34)35)29-15-16-30(31(20-29)40-5)41-21-26-9-7-6-8-10-26/h6-16,19-20,36H,17-18,21H2,1-5H3,(H3,34,35). The summed E-state index contributed by atoms with van der Waals surface area (Å²) in [7, 11) is -2.18. The number of benzene rings is 4. The highest BCUT2D eigenvalue weighted by atomic mass is 32.2. The van der Waals surface area contributed by atoms with Crippen LogP contribution in [0.2, 0.25) is 0 Å². The Hall–Kier alpha value is -4.34. The lowest BCUT2D eigenvalue weighted by atomic mass is 10.0. The minimum atomic E-state index is -3.76. The predicted octanol–water partition coefficient (Wildman–Crippen LogP) is 5.91. The number of ether oxygens (including phenoxy) is 2. The van der Waals surface area contributed by atoms with E-state index in [0.717, 1.165) is 39.2 Å². The summed E-state index contributed by atoms with van der Waals surface area (Å²) in [4.78, 5) is 2.32. The molecule has 0 aliphatic carbocycles. The minimum Gasteiger partial charge on any atom is -0.493 e. The van der Waals surface area contributed by atoms with Crippen LogP contribution in [0.15, 0.2) is 83.8 Å². The van der Waals surface area contributed by atoms with E-state index in [1.807, 2.05) is 99.3 Å². The van der Waals surface area contributed by atoms with Crippen molar-refractivity contribution in [1.29, 1.82) is 5.41 Å². The maximum atomic E-state index is 13.5. The zero-order chi connectivity index (χ0) is 30.4. The van der Waals surface area contributed by atoms with Gasteiger partial charge in [-0.05, 0) is 91.9 Å². The summed E-state index contributed by atoms with van der Waals surface area (Å²) in [5, 5.41) is 7.74. The van der Waals surface area contributed by atoms with E-state index in [-0.39, 0.29) is 12.4 Å². The third-order valence-electron chi connectivity index (χ3n) is 7.38. The van der Waals surface area contributed by atoms with Gasteiger partial charge in [0, 0.05) is 36.1 Å². The summed E-state index contributed by atoms with van der Waals surface area (Å²) >= 11 is 0. The van der Waals surface area contributed by atoms with Crippen LogP contribution in [0.4, 0.5) is 11.4 Å². The number of hydrogen-bond acceptors (Lipinski definition) is 6. The number of aryl methyl sites for hydroxylation is 2. The Labute approximate surface area is 248 Å². The first-order valence-electron chi connectivity index (χ1n) is 13.7. The highest BCUT2D eigenvalue weighted by molar-refractivity contribution is 7.89. The van der Waals surface area contributed by atoms with Crippen molar-refractivity contribution >= 4 is 27.2 Å². The minimum absolute atomic E-state index is 0.0263. The molecule has 0 saturated carbocycles. The van der Waals surface area contributed by atoms with Crippen molar-refractivity contribution in [3.8, 4) is 11.5 Å². The molecule has 0 bridgehead atoms. The first kappa shape index (κ1) is 30.6. The fraction of sp³-hybridized carbons (Fsp3) is 0.242. The molecule has 0 spiro atoms. The van der Waals surface area contributed by atoms with Crippen LogP contribution in [0.5, 0.6) is 11.5 Å². The highest BCUT2D eigenvalue weighted by Crippen LogP contribution is 2.35. The summed E-state index contributed by atoms with van der Waals surface area (Å²) in [6.45, 7) is 8.40. The number of nitrogens with two attached hydrogens (primary N) is 1. The van der Waals surface area contributed by atoms with E-state index in [0.29, 0.717) is 35.1 Å². The fourth-order valence-corrected chi connectivity index (χ4v) is 6.49. The van der Waals surface area contributed by atoms with Gasteiger partial charge in [0.05, 0.1) is 12.0 Å². The number of amidine groups is 1. The maximum absolute atomic E-state index is 13.5. The highest BCUT2D eigenvalue weighted by Gasteiger charge is 2.22. The normalized spacial score (nSPS) is 11.3. The molecule has 0 unspecified atom stereocenters. The lowest BCUT2D eigenvalue weighted by molar-refractivity contribution is 0.284. The van der Waals surface area contributed by atoms with Crippen LogP contribution in [0.3, 0.4) is 0 Å². The number of nitrogens with one attached hydrogen (secondary N) is 2. The third-order valence-corrected chi connectivity index (χ3v) is 9.11. The van der Waals surface area contributed by atoms with E-state index in [1.54, 1.807) is 19.2 Å². The lowest BCUT2D eigenvalue weighted by Gasteiger charge is -2.26. The van der Waals surface area contributed by atoms with Crippen LogP contribution in [-0.2, 0) is 16.6 Å². The molecule has 0 radical (unpaired) electrons. The molecule has 8 nitrogen and oxygen atoms in total. The monoisotopic (exact) mass is 586 g/mol. The smallest absolute Gasteiger partial charge is 0.241 e. The van der Waals surface area contributed by atoms with Gasteiger partial charge in [0.25, 0.3) is 0 Å². The van der Waals surface area contributed by atoms with E-state index < -0.39 is 10.0 Å². The summed E-state index contributed by atoms with van der Waals surface area (Å²) in [6.07, 6.45) is 0. The molecule has 0 aromatic heterocycles. The van der Waals surface area contributed by atoms with Crippen molar-refractivity contribution < 1.29 is 17.9 Å². The maximum Gasteiger partial charge on any atom is 0.241 e. The zero-order valence-electron chi connectivity index (χ0n) is 24.7. The number of sulfonamides is 1. The molecular weight excluding hydrogens is 548 g/mol. The Bertz CT molecular complexity index is 1640. The van der Waals surface area contributed by atoms with Crippen LogP contribution in [0.1, 0.15) is 33.4 Å². The average molecular weight is 587 g/mol. The number of rotatable bonds is 12. The average Bonchev–Trinajstić information content (AvgIpc) is 2.98.